The Bertz CT molecular complexity index is 204. The number of rotatable bonds is 3. The van der Waals surface area contributed by atoms with E-state index in [0.29, 0.717) is 6.61 Å². The van der Waals surface area contributed by atoms with Gasteiger partial charge in [0.1, 0.15) is 0 Å². The van der Waals surface area contributed by atoms with Gasteiger partial charge in [0.05, 0.1) is 6.61 Å². The van der Waals surface area contributed by atoms with Gasteiger partial charge in [-0.2, -0.15) is 0 Å². The molecule has 0 aliphatic rings. The second kappa shape index (κ2) is 6.63. The van der Waals surface area contributed by atoms with Crippen LogP contribution >= 0.6 is 0 Å². The summed E-state index contributed by atoms with van der Waals surface area (Å²) in [7, 11) is 0. The zero-order chi connectivity index (χ0) is 8.10. The first-order valence-corrected chi connectivity index (χ1v) is 3.62. The number of aliphatic hydroxyl groups excluding tert-OH is 1. The Labute approximate surface area is 96.3 Å². The summed E-state index contributed by atoms with van der Waals surface area (Å²) in [4.78, 5) is 0. The fourth-order valence-electron chi connectivity index (χ4n) is 0.791. The quantitative estimate of drug-likeness (QED) is 0.456. The van der Waals surface area contributed by atoms with Gasteiger partial charge in [-0.25, -0.2) is 0 Å². The third kappa shape index (κ3) is 4.91. The Morgan fingerprint density at radius 3 is 2.50 bits per heavy atom. The molecule has 0 saturated carbocycles. The average molecular weight is 176 g/mol. The third-order valence-electron chi connectivity index (χ3n) is 1.33. The van der Waals surface area contributed by atoms with Crippen LogP contribution in [0.1, 0.15) is 13.9 Å². The van der Waals surface area contributed by atoms with Crippen molar-refractivity contribution in [1.29, 1.82) is 0 Å². The van der Waals surface area contributed by atoms with E-state index >= 15 is 0 Å². The van der Waals surface area contributed by atoms with E-state index in [0.717, 1.165) is 5.56 Å². The predicted octanol–water partition coefficient (Wildman–Crippen LogP) is -1.34. The van der Waals surface area contributed by atoms with Crippen molar-refractivity contribution in [3.8, 4) is 0 Å². The molecule has 1 N–H and O–H groups in total. The number of benzene rings is 1. The second-order valence-corrected chi connectivity index (χ2v) is 2.40. The van der Waals surface area contributed by atoms with Crippen LogP contribution in [-0.4, -0.2) is 11.4 Å². The molecule has 1 unspecified atom stereocenters. The average Bonchev–Trinajstić information content (AvgIpc) is 2.03. The molecular formula is C9H13NaO2. The molecule has 0 aliphatic carbocycles. The van der Waals surface area contributed by atoms with Gasteiger partial charge in [-0.05, 0) is 12.5 Å². The minimum atomic E-state index is -0.685. The van der Waals surface area contributed by atoms with Crippen LogP contribution in [0.25, 0.3) is 0 Å². The fraction of sp³-hybridized carbons (Fsp3) is 0.333. The van der Waals surface area contributed by atoms with Gasteiger partial charge in [0.15, 0.2) is 6.29 Å². The van der Waals surface area contributed by atoms with Crippen LogP contribution in [-0.2, 0) is 11.3 Å². The first kappa shape index (κ1) is 12.1. The molecule has 1 rings (SSSR count). The van der Waals surface area contributed by atoms with E-state index in [9.17, 15) is 0 Å². The largest absolute Gasteiger partial charge is 1.00 e. The maximum absolute atomic E-state index is 8.79. The van der Waals surface area contributed by atoms with Crippen molar-refractivity contribution >= 4 is 0 Å². The molecule has 0 bridgehead atoms. The van der Waals surface area contributed by atoms with Crippen molar-refractivity contribution < 1.29 is 40.8 Å². The van der Waals surface area contributed by atoms with Crippen molar-refractivity contribution in [3.05, 3.63) is 35.9 Å². The van der Waals surface area contributed by atoms with Crippen LogP contribution in [0.4, 0.5) is 0 Å². The molecule has 0 aromatic heterocycles. The smallest absolute Gasteiger partial charge is 1.00 e. The van der Waals surface area contributed by atoms with Crippen LogP contribution in [0.2, 0.25) is 0 Å². The van der Waals surface area contributed by atoms with E-state index < -0.39 is 6.29 Å². The monoisotopic (exact) mass is 176 g/mol. The standard InChI is InChI=1S/C9H12O2.Na.H/c1-8(10)11-7-9-5-3-2-4-6-9;;/h2-6,8,10H,7H2,1H3;;/q;+1;-1. The van der Waals surface area contributed by atoms with Gasteiger partial charge in [0.25, 0.3) is 0 Å². The molecule has 2 nitrogen and oxygen atoms in total. The topological polar surface area (TPSA) is 29.5 Å². The van der Waals surface area contributed by atoms with Gasteiger partial charge in [-0.1, -0.05) is 30.3 Å². The molecule has 1 aromatic rings. The van der Waals surface area contributed by atoms with Gasteiger partial charge < -0.3 is 11.3 Å². The number of hydrogen-bond donors (Lipinski definition) is 1. The molecule has 1 atom stereocenters. The molecule has 0 spiro atoms. The van der Waals surface area contributed by atoms with Crippen molar-refractivity contribution in [3.63, 3.8) is 0 Å². The normalized spacial score (nSPS) is 11.8. The minimum Gasteiger partial charge on any atom is -1.00 e. The molecule has 0 heterocycles. The molecule has 1 aromatic carbocycles. The second-order valence-electron chi connectivity index (χ2n) is 2.40. The van der Waals surface area contributed by atoms with Gasteiger partial charge in [0.2, 0.25) is 0 Å². The molecule has 12 heavy (non-hydrogen) atoms. The SMILES string of the molecule is CC(O)OCc1ccccc1.[H-].[Na+]. The van der Waals surface area contributed by atoms with E-state index in [1.165, 1.54) is 0 Å². The van der Waals surface area contributed by atoms with E-state index in [4.69, 9.17) is 9.84 Å². The van der Waals surface area contributed by atoms with E-state index in [-0.39, 0.29) is 31.0 Å². The van der Waals surface area contributed by atoms with Crippen LogP contribution in [0.5, 0.6) is 0 Å². The van der Waals surface area contributed by atoms with Crippen molar-refractivity contribution in [2.24, 2.45) is 0 Å². The Balaban J connectivity index is 0. The summed E-state index contributed by atoms with van der Waals surface area (Å²) in [6.45, 7) is 2.07. The fourth-order valence-corrected chi connectivity index (χ4v) is 0.791. The molecule has 0 radical (unpaired) electrons. The van der Waals surface area contributed by atoms with Gasteiger partial charge in [-0.3, -0.25) is 0 Å². The van der Waals surface area contributed by atoms with Crippen molar-refractivity contribution in [1.82, 2.24) is 0 Å². The van der Waals surface area contributed by atoms with Crippen LogP contribution in [0.3, 0.4) is 0 Å². The molecular weight excluding hydrogens is 163 g/mol. The zero-order valence-electron chi connectivity index (χ0n) is 8.53. The maximum atomic E-state index is 8.79. The van der Waals surface area contributed by atoms with Gasteiger partial charge in [-0.15, -0.1) is 0 Å². The number of ether oxygens (including phenoxy) is 1. The number of aliphatic hydroxyl groups is 1. The first-order chi connectivity index (χ1) is 5.29. The van der Waals surface area contributed by atoms with Crippen LogP contribution in [0, 0.1) is 0 Å². The van der Waals surface area contributed by atoms with Crippen LogP contribution < -0.4 is 29.6 Å². The third-order valence-corrected chi connectivity index (χ3v) is 1.33. The number of hydrogen-bond acceptors (Lipinski definition) is 2. The molecule has 0 aliphatic heterocycles. The van der Waals surface area contributed by atoms with E-state index in [2.05, 4.69) is 0 Å². The summed E-state index contributed by atoms with van der Waals surface area (Å²) in [6.07, 6.45) is -0.685. The zero-order valence-corrected chi connectivity index (χ0v) is 9.53. The Morgan fingerprint density at radius 1 is 1.42 bits per heavy atom. The minimum absolute atomic E-state index is 0. The predicted molar refractivity (Wildman–Crippen MR) is 44.0 cm³/mol. The molecule has 62 valence electrons. The Morgan fingerprint density at radius 2 is 2.00 bits per heavy atom. The Hall–Kier alpha value is 0.140. The molecule has 0 saturated heterocycles. The van der Waals surface area contributed by atoms with E-state index in [1.807, 2.05) is 30.3 Å². The summed E-state index contributed by atoms with van der Waals surface area (Å²) >= 11 is 0. The summed E-state index contributed by atoms with van der Waals surface area (Å²) in [5.74, 6) is 0. The molecule has 3 heteroatoms. The maximum Gasteiger partial charge on any atom is 1.00 e. The summed E-state index contributed by atoms with van der Waals surface area (Å²) in [6, 6.07) is 9.76. The Kier molecular flexibility index (Phi) is 6.71. The van der Waals surface area contributed by atoms with Gasteiger partial charge >= 0.3 is 29.6 Å². The summed E-state index contributed by atoms with van der Waals surface area (Å²) in [5.41, 5.74) is 1.08. The first-order valence-electron chi connectivity index (χ1n) is 3.62. The van der Waals surface area contributed by atoms with E-state index in [1.54, 1.807) is 6.92 Å². The molecule has 0 amide bonds. The molecule has 0 fully saturated rings. The summed E-state index contributed by atoms with van der Waals surface area (Å²) in [5, 5.41) is 8.79. The van der Waals surface area contributed by atoms with Gasteiger partial charge in [0, 0.05) is 0 Å². The van der Waals surface area contributed by atoms with Crippen LogP contribution in [0.15, 0.2) is 30.3 Å². The van der Waals surface area contributed by atoms with Crippen molar-refractivity contribution in [2.75, 3.05) is 0 Å². The van der Waals surface area contributed by atoms with Crippen molar-refractivity contribution in [2.45, 2.75) is 19.8 Å². The summed E-state index contributed by atoms with van der Waals surface area (Å²) < 4.78 is 4.98.